The molecule has 2 aromatic heterocycles. The van der Waals surface area contributed by atoms with E-state index in [0.29, 0.717) is 24.2 Å². The minimum Gasteiger partial charge on any atom is -0.395 e. The van der Waals surface area contributed by atoms with Crippen LogP contribution in [0.5, 0.6) is 0 Å². The highest BCUT2D eigenvalue weighted by molar-refractivity contribution is 6.19. The van der Waals surface area contributed by atoms with Crippen LogP contribution in [0.25, 0.3) is 10.9 Å². The summed E-state index contributed by atoms with van der Waals surface area (Å²) in [7, 11) is 1.78. The van der Waals surface area contributed by atoms with Crippen LogP contribution in [-0.4, -0.2) is 62.9 Å². The minimum absolute atomic E-state index is 0.0903. The molecule has 3 heterocycles. The number of hydrogen-bond donors (Lipinski definition) is 2. The Morgan fingerprint density at radius 3 is 3.03 bits per heavy atom. The lowest BCUT2D eigenvalue weighted by Gasteiger charge is -2.31. The lowest BCUT2D eigenvalue weighted by molar-refractivity contribution is -0.122. The van der Waals surface area contributed by atoms with Gasteiger partial charge in [-0.25, -0.2) is 0 Å². The van der Waals surface area contributed by atoms with Gasteiger partial charge in [-0.2, -0.15) is 4.98 Å². The maximum atomic E-state index is 11.8. The van der Waals surface area contributed by atoms with Crippen LogP contribution in [0.15, 0.2) is 41.1 Å². The molecular weight excluding hydrogens is 434 g/mol. The molecule has 0 aliphatic carbocycles. The summed E-state index contributed by atoms with van der Waals surface area (Å²) in [6.45, 7) is 1.47. The van der Waals surface area contributed by atoms with E-state index in [1.54, 1.807) is 11.9 Å². The summed E-state index contributed by atoms with van der Waals surface area (Å²) >= 11 is 6.42. The predicted molar refractivity (Wildman–Crippen MR) is 119 cm³/mol. The van der Waals surface area contributed by atoms with Crippen LogP contribution >= 0.6 is 11.6 Å². The summed E-state index contributed by atoms with van der Waals surface area (Å²) in [5.74, 6) is 1.02. The van der Waals surface area contributed by atoms with Crippen LogP contribution < -0.4 is 5.32 Å². The molecule has 9 nitrogen and oxygen atoms in total. The van der Waals surface area contributed by atoms with Crippen LogP contribution in [0.1, 0.15) is 30.7 Å². The number of alkyl halides is 1. The van der Waals surface area contributed by atoms with E-state index in [-0.39, 0.29) is 31.7 Å². The van der Waals surface area contributed by atoms with Gasteiger partial charge in [-0.3, -0.25) is 9.69 Å². The number of para-hydroxylation sites is 1. The third-order valence-corrected chi connectivity index (χ3v) is 5.82. The van der Waals surface area contributed by atoms with Crippen molar-refractivity contribution in [1.29, 1.82) is 0 Å². The molecule has 172 valence electrons. The van der Waals surface area contributed by atoms with Gasteiger partial charge < -0.3 is 24.3 Å². The predicted octanol–water partition coefficient (Wildman–Crippen LogP) is 2.30. The van der Waals surface area contributed by atoms with Crippen LogP contribution in [0, 0.1) is 5.92 Å². The number of likely N-dealkylation sites (N-methyl/N-ethyl adjacent to an activating group) is 1. The van der Waals surface area contributed by atoms with E-state index in [1.807, 2.05) is 12.1 Å². The summed E-state index contributed by atoms with van der Waals surface area (Å²) in [5, 5.41) is 16.7. The number of nitrogens with zero attached hydrogens (tertiary/aromatic N) is 4. The van der Waals surface area contributed by atoms with Crippen molar-refractivity contribution in [2.24, 2.45) is 5.92 Å². The SMILES string of the molecule is CN(CC(=O)NCCO)Cc1nc(C2CC(Cn3ccc4ccccc43)CC(Cl)O2)no1. The maximum Gasteiger partial charge on any atom is 0.240 e. The van der Waals surface area contributed by atoms with Gasteiger partial charge in [0.1, 0.15) is 11.7 Å². The van der Waals surface area contributed by atoms with Crippen molar-refractivity contribution in [1.82, 2.24) is 24.9 Å². The van der Waals surface area contributed by atoms with E-state index >= 15 is 0 Å². The smallest absolute Gasteiger partial charge is 0.240 e. The Bertz CT molecular complexity index is 1040. The van der Waals surface area contributed by atoms with Crippen LogP contribution in [-0.2, 0) is 22.6 Å². The molecule has 3 unspecified atom stereocenters. The Kier molecular flexibility index (Phi) is 7.41. The van der Waals surface area contributed by atoms with Crippen molar-refractivity contribution in [2.45, 2.75) is 37.6 Å². The van der Waals surface area contributed by atoms with Crippen molar-refractivity contribution in [3.63, 3.8) is 0 Å². The number of aliphatic hydroxyl groups excluding tert-OH is 1. The Morgan fingerprint density at radius 1 is 1.34 bits per heavy atom. The standard InChI is InChI=1S/C22H28ClN5O4/c1-27(13-20(30)24-7-9-29)14-21-25-22(26-32-21)18-10-15(11-19(23)31-18)12-28-8-6-16-4-2-3-5-17(16)28/h2-6,8,15,18-19,29H,7,9-14H2,1H3,(H,24,30). The number of rotatable bonds is 9. The highest BCUT2D eigenvalue weighted by atomic mass is 35.5. The molecule has 1 aliphatic rings. The number of aliphatic hydroxyl groups is 1. The molecule has 1 fully saturated rings. The summed E-state index contributed by atoms with van der Waals surface area (Å²) < 4.78 is 13.5. The van der Waals surface area contributed by atoms with E-state index < -0.39 is 5.56 Å². The fourth-order valence-electron chi connectivity index (χ4n) is 4.09. The lowest BCUT2D eigenvalue weighted by Crippen LogP contribution is -2.36. The molecule has 1 amide bonds. The second kappa shape index (κ2) is 10.4. The largest absolute Gasteiger partial charge is 0.395 e. The van der Waals surface area contributed by atoms with E-state index in [4.69, 9.17) is 26.0 Å². The minimum atomic E-state index is -0.416. The molecule has 3 aromatic rings. The topological polar surface area (TPSA) is 106 Å². The first-order valence-corrected chi connectivity index (χ1v) is 11.2. The van der Waals surface area contributed by atoms with Gasteiger partial charge in [0.2, 0.25) is 17.6 Å². The molecule has 1 saturated heterocycles. The Morgan fingerprint density at radius 2 is 2.19 bits per heavy atom. The Hall–Kier alpha value is -2.46. The van der Waals surface area contributed by atoms with Gasteiger partial charge in [0, 0.05) is 24.8 Å². The number of nitrogens with one attached hydrogen (secondary N) is 1. The number of amides is 1. The Labute approximate surface area is 191 Å². The molecule has 0 radical (unpaired) electrons. The number of hydrogen-bond acceptors (Lipinski definition) is 7. The second-order valence-corrected chi connectivity index (χ2v) is 8.68. The van der Waals surface area contributed by atoms with Crippen LogP contribution in [0.2, 0.25) is 0 Å². The molecule has 1 aliphatic heterocycles. The van der Waals surface area contributed by atoms with Gasteiger partial charge in [0.05, 0.1) is 19.7 Å². The number of aromatic nitrogens is 3. The molecule has 3 atom stereocenters. The highest BCUT2D eigenvalue weighted by Gasteiger charge is 2.32. The first kappa shape index (κ1) is 22.7. The third kappa shape index (κ3) is 5.66. The summed E-state index contributed by atoms with van der Waals surface area (Å²) in [5.41, 5.74) is 0.787. The van der Waals surface area contributed by atoms with E-state index in [1.165, 1.54) is 10.9 Å². The van der Waals surface area contributed by atoms with Crippen molar-refractivity contribution in [3.8, 4) is 0 Å². The van der Waals surface area contributed by atoms with Crippen LogP contribution in [0.3, 0.4) is 0 Å². The zero-order chi connectivity index (χ0) is 22.5. The average Bonchev–Trinajstić information content (AvgIpc) is 3.39. The van der Waals surface area contributed by atoms with Crippen LogP contribution in [0.4, 0.5) is 0 Å². The molecule has 1 aromatic carbocycles. The number of benzene rings is 1. The average molecular weight is 462 g/mol. The molecule has 2 N–H and O–H groups in total. The van der Waals surface area contributed by atoms with Gasteiger partial charge in [-0.1, -0.05) is 35.0 Å². The number of ether oxygens (including phenoxy) is 1. The van der Waals surface area contributed by atoms with Gasteiger partial charge >= 0.3 is 0 Å². The summed E-state index contributed by atoms with van der Waals surface area (Å²) in [4.78, 5) is 18.0. The van der Waals surface area contributed by atoms with Crippen molar-refractivity contribution in [3.05, 3.63) is 48.2 Å². The monoisotopic (exact) mass is 461 g/mol. The molecule has 0 saturated carbocycles. The zero-order valence-corrected chi connectivity index (χ0v) is 18.7. The van der Waals surface area contributed by atoms with Crippen molar-refractivity contribution >= 4 is 28.4 Å². The zero-order valence-electron chi connectivity index (χ0n) is 18.0. The highest BCUT2D eigenvalue weighted by Crippen LogP contribution is 2.36. The molecule has 0 spiro atoms. The molecule has 10 heteroatoms. The van der Waals surface area contributed by atoms with E-state index in [2.05, 4.69) is 44.4 Å². The van der Waals surface area contributed by atoms with E-state index in [0.717, 1.165) is 19.4 Å². The normalized spacial score (nSPS) is 21.3. The molecule has 0 bridgehead atoms. The van der Waals surface area contributed by atoms with Gasteiger partial charge in [-0.15, -0.1) is 0 Å². The lowest BCUT2D eigenvalue weighted by atomic mass is 9.95. The number of carbonyl (C=O) groups is 1. The summed E-state index contributed by atoms with van der Waals surface area (Å²) in [6, 6.07) is 10.4. The quantitative estimate of drug-likeness (QED) is 0.471. The number of halogens is 1. The fourth-order valence-corrected chi connectivity index (χ4v) is 4.47. The molecule has 32 heavy (non-hydrogen) atoms. The third-order valence-electron chi connectivity index (χ3n) is 5.54. The molecular formula is C22H28ClN5O4. The second-order valence-electron chi connectivity index (χ2n) is 8.19. The van der Waals surface area contributed by atoms with E-state index in [9.17, 15) is 4.79 Å². The fraction of sp³-hybridized carbons (Fsp3) is 0.500. The van der Waals surface area contributed by atoms with Gasteiger partial charge in [0.15, 0.2) is 0 Å². The van der Waals surface area contributed by atoms with Gasteiger partial charge in [0.25, 0.3) is 0 Å². The Balaban J connectivity index is 1.36. The first-order chi connectivity index (χ1) is 15.5. The van der Waals surface area contributed by atoms with Gasteiger partial charge in [-0.05, 0) is 43.3 Å². The van der Waals surface area contributed by atoms with Crippen molar-refractivity contribution in [2.75, 3.05) is 26.7 Å². The summed E-state index contributed by atoms with van der Waals surface area (Å²) in [6.07, 6.45) is 3.26. The van der Waals surface area contributed by atoms with Crippen molar-refractivity contribution < 1.29 is 19.2 Å². The maximum absolute atomic E-state index is 11.8. The first-order valence-electron chi connectivity index (χ1n) is 10.7. The number of fused-ring (bicyclic) bond motifs is 1. The number of carbonyl (C=O) groups excluding carboxylic acids is 1. The molecule has 4 rings (SSSR count).